The monoisotopic (exact) mass is 249 g/mol. The molecule has 1 aromatic carbocycles. The van der Waals surface area contributed by atoms with Crippen LogP contribution in [-0.4, -0.2) is 23.2 Å². The van der Waals surface area contributed by atoms with E-state index in [4.69, 9.17) is 15.2 Å². The van der Waals surface area contributed by atoms with Crippen LogP contribution in [0.5, 0.6) is 11.8 Å². The van der Waals surface area contributed by atoms with E-state index in [9.17, 15) is 4.39 Å². The molecule has 0 atom stereocenters. The summed E-state index contributed by atoms with van der Waals surface area (Å²) < 4.78 is 23.3. The molecule has 0 aliphatic heterocycles. The van der Waals surface area contributed by atoms with Gasteiger partial charge in [0.15, 0.2) is 11.6 Å². The lowest BCUT2D eigenvalue weighted by Gasteiger charge is -2.07. The van der Waals surface area contributed by atoms with Crippen molar-refractivity contribution in [3.8, 4) is 11.8 Å². The molecule has 6 heteroatoms. The normalized spacial score (nSPS) is 10.1. The SMILES string of the molecule is Nc1nc(OCCOc2ccccc2)ncc1F. The third-order valence-corrected chi connectivity index (χ3v) is 2.08. The number of halogens is 1. The zero-order valence-electron chi connectivity index (χ0n) is 9.54. The lowest BCUT2D eigenvalue weighted by atomic mass is 10.3. The van der Waals surface area contributed by atoms with E-state index in [1.807, 2.05) is 30.3 Å². The summed E-state index contributed by atoms with van der Waals surface area (Å²) in [5.74, 6) is -0.146. The molecule has 0 amide bonds. The van der Waals surface area contributed by atoms with Crippen LogP contribution in [0.25, 0.3) is 0 Å². The van der Waals surface area contributed by atoms with Gasteiger partial charge in [0.1, 0.15) is 19.0 Å². The predicted octanol–water partition coefficient (Wildman–Crippen LogP) is 1.66. The molecule has 0 aliphatic carbocycles. The van der Waals surface area contributed by atoms with Crippen LogP contribution in [0.1, 0.15) is 0 Å². The summed E-state index contributed by atoms with van der Waals surface area (Å²) in [5.41, 5.74) is 5.28. The summed E-state index contributed by atoms with van der Waals surface area (Å²) in [7, 11) is 0. The molecule has 1 heterocycles. The van der Waals surface area contributed by atoms with Gasteiger partial charge in [-0.2, -0.15) is 4.98 Å². The summed E-state index contributed by atoms with van der Waals surface area (Å²) in [4.78, 5) is 7.27. The third-order valence-electron chi connectivity index (χ3n) is 2.08. The van der Waals surface area contributed by atoms with Crippen molar-refractivity contribution in [1.82, 2.24) is 9.97 Å². The Morgan fingerprint density at radius 1 is 1.11 bits per heavy atom. The fourth-order valence-electron chi connectivity index (χ4n) is 1.24. The van der Waals surface area contributed by atoms with Crippen molar-refractivity contribution >= 4 is 5.82 Å². The molecule has 0 spiro atoms. The van der Waals surface area contributed by atoms with Gasteiger partial charge >= 0.3 is 6.01 Å². The zero-order chi connectivity index (χ0) is 12.8. The molecule has 0 radical (unpaired) electrons. The highest BCUT2D eigenvalue weighted by Gasteiger charge is 2.03. The molecule has 1 aromatic heterocycles. The van der Waals surface area contributed by atoms with Crippen LogP contribution in [0.4, 0.5) is 10.2 Å². The molecule has 0 aliphatic rings. The van der Waals surface area contributed by atoms with E-state index in [0.29, 0.717) is 6.61 Å². The second kappa shape index (κ2) is 5.81. The Bertz CT molecular complexity index is 508. The molecular weight excluding hydrogens is 237 g/mol. The Labute approximate surface area is 103 Å². The predicted molar refractivity (Wildman–Crippen MR) is 63.8 cm³/mol. The Morgan fingerprint density at radius 2 is 1.83 bits per heavy atom. The number of benzene rings is 1. The fraction of sp³-hybridized carbons (Fsp3) is 0.167. The fourth-order valence-corrected chi connectivity index (χ4v) is 1.24. The maximum atomic E-state index is 12.8. The number of anilines is 1. The Hall–Kier alpha value is -2.37. The van der Waals surface area contributed by atoms with Crippen molar-refractivity contribution in [3.63, 3.8) is 0 Å². The molecule has 0 fully saturated rings. The van der Waals surface area contributed by atoms with Crippen LogP contribution in [-0.2, 0) is 0 Å². The molecule has 2 aromatic rings. The summed E-state index contributed by atoms with van der Waals surface area (Å²) in [6, 6.07) is 9.36. The molecule has 2 N–H and O–H groups in total. The Kier molecular flexibility index (Phi) is 3.90. The van der Waals surface area contributed by atoms with Crippen molar-refractivity contribution < 1.29 is 13.9 Å². The van der Waals surface area contributed by atoms with E-state index < -0.39 is 5.82 Å². The van der Waals surface area contributed by atoms with Crippen LogP contribution in [0.2, 0.25) is 0 Å². The van der Waals surface area contributed by atoms with Gasteiger partial charge in [0.05, 0.1) is 6.20 Å². The molecule has 5 nitrogen and oxygen atoms in total. The average molecular weight is 249 g/mol. The van der Waals surface area contributed by atoms with E-state index in [2.05, 4.69) is 9.97 Å². The number of nitrogen functional groups attached to an aromatic ring is 1. The molecule has 0 saturated carbocycles. The quantitative estimate of drug-likeness (QED) is 0.816. The summed E-state index contributed by atoms with van der Waals surface area (Å²) in [6.07, 6.45) is 0.968. The van der Waals surface area contributed by atoms with Crippen LogP contribution >= 0.6 is 0 Å². The van der Waals surface area contributed by atoms with Crippen LogP contribution in [0.3, 0.4) is 0 Å². The van der Waals surface area contributed by atoms with Gasteiger partial charge < -0.3 is 15.2 Å². The van der Waals surface area contributed by atoms with Gasteiger partial charge in [-0.15, -0.1) is 0 Å². The maximum Gasteiger partial charge on any atom is 0.318 e. The number of rotatable bonds is 5. The molecule has 18 heavy (non-hydrogen) atoms. The summed E-state index contributed by atoms with van der Waals surface area (Å²) in [5, 5.41) is 0. The minimum Gasteiger partial charge on any atom is -0.490 e. The van der Waals surface area contributed by atoms with Gasteiger partial charge in [-0.25, -0.2) is 9.37 Å². The van der Waals surface area contributed by atoms with E-state index in [-0.39, 0.29) is 18.4 Å². The maximum absolute atomic E-state index is 12.8. The number of aromatic nitrogens is 2. The molecule has 0 unspecified atom stereocenters. The second-order valence-corrected chi connectivity index (χ2v) is 3.40. The van der Waals surface area contributed by atoms with Crippen molar-refractivity contribution in [3.05, 3.63) is 42.3 Å². The zero-order valence-corrected chi connectivity index (χ0v) is 9.54. The van der Waals surface area contributed by atoms with Crippen molar-refractivity contribution in [2.45, 2.75) is 0 Å². The van der Waals surface area contributed by atoms with Gasteiger partial charge in [-0.1, -0.05) is 18.2 Å². The van der Waals surface area contributed by atoms with E-state index in [1.54, 1.807) is 0 Å². The summed E-state index contributed by atoms with van der Waals surface area (Å²) >= 11 is 0. The van der Waals surface area contributed by atoms with Crippen molar-refractivity contribution in [2.24, 2.45) is 0 Å². The minimum absolute atomic E-state index is 0.0329. The van der Waals surface area contributed by atoms with Gasteiger partial charge in [0.2, 0.25) is 0 Å². The first-order valence-corrected chi connectivity index (χ1v) is 5.34. The van der Waals surface area contributed by atoms with E-state index >= 15 is 0 Å². The number of ether oxygens (including phenoxy) is 2. The molecule has 94 valence electrons. The largest absolute Gasteiger partial charge is 0.490 e. The molecule has 0 bridgehead atoms. The second-order valence-electron chi connectivity index (χ2n) is 3.40. The first-order chi connectivity index (χ1) is 8.75. The van der Waals surface area contributed by atoms with Gasteiger partial charge in [-0.3, -0.25) is 0 Å². The lowest BCUT2D eigenvalue weighted by Crippen LogP contribution is -2.11. The standard InChI is InChI=1S/C12H12FN3O2/c13-10-8-15-12(16-11(10)14)18-7-6-17-9-4-2-1-3-5-9/h1-5,8H,6-7H2,(H2,14,15,16). The molecular formula is C12H12FN3O2. The average Bonchev–Trinajstić information content (AvgIpc) is 2.40. The van der Waals surface area contributed by atoms with Gasteiger partial charge in [0.25, 0.3) is 0 Å². The number of para-hydroxylation sites is 1. The Balaban J connectivity index is 1.77. The van der Waals surface area contributed by atoms with Crippen LogP contribution in [0, 0.1) is 5.82 Å². The van der Waals surface area contributed by atoms with E-state index in [0.717, 1.165) is 11.9 Å². The van der Waals surface area contributed by atoms with Crippen LogP contribution < -0.4 is 15.2 Å². The highest BCUT2D eigenvalue weighted by molar-refractivity contribution is 5.29. The minimum atomic E-state index is -0.664. The lowest BCUT2D eigenvalue weighted by molar-refractivity contribution is 0.206. The van der Waals surface area contributed by atoms with Crippen LogP contribution in [0.15, 0.2) is 36.5 Å². The molecule has 2 rings (SSSR count). The third kappa shape index (κ3) is 3.31. The first kappa shape index (κ1) is 12.1. The highest BCUT2D eigenvalue weighted by atomic mass is 19.1. The van der Waals surface area contributed by atoms with Crippen molar-refractivity contribution in [1.29, 1.82) is 0 Å². The Morgan fingerprint density at radius 3 is 2.56 bits per heavy atom. The number of nitrogens with two attached hydrogens (primary N) is 1. The van der Waals surface area contributed by atoms with Crippen molar-refractivity contribution in [2.75, 3.05) is 18.9 Å². The number of hydrogen-bond donors (Lipinski definition) is 1. The first-order valence-electron chi connectivity index (χ1n) is 5.34. The summed E-state index contributed by atoms with van der Waals surface area (Å²) in [6.45, 7) is 0.588. The smallest absolute Gasteiger partial charge is 0.318 e. The number of hydrogen-bond acceptors (Lipinski definition) is 5. The van der Waals surface area contributed by atoms with Gasteiger partial charge in [0, 0.05) is 0 Å². The highest BCUT2D eigenvalue weighted by Crippen LogP contribution is 2.10. The number of nitrogens with zero attached hydrogens (tertiary/aromatic N) is 2. The van der Waals surface area contributed by atoms with Gasteiger partial charge in [-0.05, 0) is 12.1 Å². The molecule has 0 saturated heterocycles. The van der Waals surface area contributed by atoms with E-state index in [1.165, 1.54) is 0 Å². The topological polar surface area (TPSA) is 70.3 Å².